The van der Waals surface area contributed by atoms with Crippen LogP contribution in [0, 0.1) is 11.8 Å². The fraction of sp³-hybridized carbons (Fsp3) is 0.923. The fourth-order valence-electron chi connectivity index (χ4n) is 2.67. The van der Waals surface area contributed by atoms with Crippen LogP contribution >= 0.6 is 0 Å². The van der Waals surface area contributed by atoms with E-state index in [2.05, 4.69) is 12.2 Å². The summed E-state index contributed by atoms with van der Waals surface area (Å²) in [4.78, 5) is 11.8. The van der Waals surface area contributed by atoms with Crippen LogP contribution in [0.4, 0.5) is 0 Å². The van der Waals surface area contributed by atoms with Gasteiger partial charge in [-0.1, -0.05) is 39.0 Å². The first-order valence-corrected chi connectivity index (χ1v) is 6.55. The second kappa shape index (κ2) is 6.86. The Kier molecular flexibility index (Phi) is 5.74. The minimum Gasteiger partial charge on any atom is -0.356 e. The highest BCUT2D eigenvalue weighted by Gasteiger charge is 2.23. The van der Waals surface area contributed by atoms with Crippen LogP contribution in [-0.4, -0.2) is 12.5 Å². The summed E-state index contributed by atoms with van der Waals surface area (Å²) in [5.41, 5.74) is 0. The zero-order valence-electron chi connectivity index (χ0n) is 10.2. The lowest BCUT2D eigenvalue weighted by molar-refractivity contribution is -0.125. The van der Waals surface area contributed by atoms with Gasteiger partial charge in [0, 0.05) is 12.5 Å². The first-order chi connectivity index (χ1) is 7.27. The van der Waals surface area contributed by atoms with E-state index in [-0.39, 0.29) is 11.8 Å². The predicted octanol–water partition coefficient (Wildman–Crippen LogP) is 3.12. The van der Waals surface area contributed by atoms with Gasteiger partial charge in [-0.05, 0) is 25.7 Å². The van der Waals surface area contributed by atoms with Gasteiger partial charge in [0.2, 0.25) is 5.91 Å². The Morgan fingerprint density at radius 3 is 2.53 bits per heavy atom. The average Bonchev–Trinajstić information content (AvgIpc) is 2.70. The van der Waals surface area contributed by atoms with Gasteiger partial charge >= 0.3 is 0 Å². The molecule has 1 rings (SSSR count). The van der Waals surface area contributed by atoms with E-state index in [4.69, 9.17) is 0 Å². The van der Waals surface area contributed by atoms with Crippen LogP contribution in [-0.2, 0) is 4.79 Å². The van der Waals surface area contributed by atoms with Crippen LogP contribution in [0.5, 0.6) is 0 Å². The molecule has 0 aliphatic heterocycles. The van der Waals surface area contributed by atoms with E-state index >= 15 is 0 Å². The van der Waals surface area contributed by atoms with E-state index in [0.29, 0.717) is 0 Å². The smallest absolute Gasteiger partial charge is 0.223 e. The molecule has 1 unspecified atom stereocenters. The summed E-state index contributed by atoms with van der Waals surface area (Å²) in [6, 6.07) is 0. The minimum atomic E-state index is 0.276. The van der Waals surface area contributed by atoms with Crippen molar-refractivity contribution in [2.45, 2.75) is 58.8 Å². The van der Waals surface area contributed by atoms with Crippen LogP contribution in [0.15, 0.2) is 0 Å². The molecule has 1 saturated carbocycles. The molecule has 0 aromatic heterocycles. The molecule has 2 heteroatoms. The lowest BCUT2D eigenvalue weighted by Crippen LogP contribution is -2.31. The molecule has 0 saturated heterocycles. The molecule has 0 heterocycles. The third-order valence-electron chi connectivity index (χ3n) is 3.45. The summed E-state index contributed by atoms with van der Waals surface area (Å²) < 4.78 is 0. The summed E-state index contributed by atoms with van der Waals surface area (Å²) >= 11 is 0. The maximum atomic E-state index is 11.8. The van der Waals surface area contributed by atoms with Gasteiger partial charge < -0.3 is 5.32 Å². The Morgan fingerprint density at radius 2 is 2.00 bits per heavy atom. The van der Waals surface area contributed by atoms with Crippen LogP contribution in [0.1, 0.15) is 58.8 Å². The normalized spacial score (nSPS) is 19.1. The van der Waals surface area contributed by atoms with Gasteiger partial charge in [-0.2, -0.15) is 0 Å². The predicted molar refractivity (Wildman–Crippen MR) is 63.7 cm³/mol. The number of carbonyl (C=O) groups is 1. The largest absolute Gasteiger partial charge is 0.356 e. The van der Waals surface area contributed by atoms with Crippen molar-refractivity contribution >= 4 is 5.91 Å². The first kappa shape index (κ1) is 12.5. The van der Waals surface area contributed by atoms with E-state index in [1.54, 1.807) is 0 Å². The zero-order chi connectivity index (χ0) is 11.1. The highest BCUT2D eigenvalue weighted by Crippen LogP contribution is 2.31. The number of hydrogen-bond acceptors (Lipinski definition) is 1. The molecule has 1 fully saturated rings. The molecule has 1 aliphatic carbocycles. The Morgan fingerprint density at radius 1 is 1.33 bits per heavy atom. The van der Waals surface area contributed by atoms with Gasteiger partial charge in [0.05, 0.1) is 0 Å². The molecule has 1 atom stereocenters. The lowest BCUT2D eigenvalue weighted by atomic mass is 9.89. The van der Waals surface area contributed by atoms with Gasteiger partial charge in [-0.15, -0.1) is 0 Å². The molecular weight excluding hydrogens is 186 g/mol. The van der Waals surface area contributed by atoms with Crippen molar-refractivity contribution in [1.29, 1.82) is 0 Å². The quantitative estimate of drug-likeness (QED) is 0.718. The maximum absolute atomic E-state index is 11.8. The standard InChI is InChI=1S/C13H25NO/c1-3-7-12(13(15)14-4-2)10-11-8-5-6-9-11/h11-12H,3-10H2,1-2H3,(H,14,15). The van der Waals surface area contributed by atoms with Crippen molar-refractivity contribution in [1.82, 2.24) is 5.32 Å². The fourth-order valence-corrected chi connectivity index (χ4v) is 2.67. The molecule has 0 aromatic rings. The van der Waals surface area contributed by atoms with Crippen LogP contribution in [0.3, 0.4) is 0 Å². The Bertz CT molecular complexity index is 185. The summed E-state index contributed by atoms with van der Waals surface area (Å²) in [5, 5.41) is 2.97. The summed E-state index contributed by atoms with van der Waals surface area (Å²) in [6.07, 6.45) is 8.74. The molecule has 1 N–H and O–H groups in total. The average molecular weight is 211 g/mol. The first-order valence-electron chi connectivity index (χ1n) is 6.55. The van der Waals surface area contributed by atoms with E-state index in [1.807, 2.05) is 6.92 Å². The van der Waals surface area contributed by atoms with Gasteiger partial charge in [-0.25, -0.2) is 0 Å². The monoisotopic (exact) mass is 211 g/mol. The maximum Gasteiger partial charge on any atom is 0.223 e. The van der Waals surface area contributed by atoms with E-state index in [9.17, 15) is 4.79 Å². The van der Waals surface area contributed by atoms with E-state index in [0.717, 1.165) is 31.7 Å². The highest BCUT2D eigenvalue weighted by atomic mass is 16.1. The number of amides is 1. The molecule has 2 nitrogen and oxygen atoms in total. The van der Waals surface area contributed by atoms with Crippen molar-refractivity contribution in [3.05, 3.63) is 0 Å². The van der Waals surface area contributed by atoms with Gasteiger partial charge in [-0.3, -0.25) is 4.79 Å². The number of nitrogens with one attached hydrogen (secondary N) is 1. The van der Waals surface area contributed by atoms with Gasteiger partial charge in [0.25, 0.3) is 0 Å². The van der Waals surface area contributed by atoms with Crippen molar-refractivity contribution in [3.8, 4) is 0 Å². The highest BCUT2D eigenvalue weighted by molar-refractivity contribution is 5.78. The third-order valence-corrected chi connectivity index (χ3v) is 3.45. The number of hydrogen-bond donors (Lipinski definition) is 1. The Hall–Kier alpha value is -0.530. The number of carbonyl (C=O) groups excluding carboxylic acids is 1. The molecule has 0 radical (unpaired) electrons. The summed E-state index contributed by atoms with van der Waals surface area (Å²) in [7, 11) is 0. The summed E-state index contributed by atoms with van der Waals surface area (Å²) in [6.45, 7) is 4.93. The van der Waals surface area contributed by atoms with Crippen molar-refractivity contribution < 1.29 is 4.79 Å². The lowest BCUT2D eigenvalue weighted by Gasteiger charge is -2.19. The van der Waals surface area contributed by atoms with Crippen LogP contribution in [0.25, 0.3) is 0 Å². The topological polar surface area (TPSA) is 29.1 Å². The van der Waals surface area contributed by atoms with Gasteiger partial charge in [0.15, 0.2) is 0 Å². The van der Waals surface area contributed by atoms with Gasteiger partial charge in [0.1, 0.15) is 0 Å². The zero-order valence-corrected chi connectivity index (χ0v) is 10.2. The molecule has 15 heavy (non-hydrogen) atoms. The number of rotatable bonds is 6. The van der Waals surface area contributed by atoms with E-state index < -0.39 is 0 Å². The second-order valence-electron chi connectivity index (χ2n) is 4.77. The minimum absolute atomic E-state index is 0.276. The molecule has 0 bridgehead atoms. The van der Waals surface area contributed by atoms with Crippen molar-refractivity contribution in [3.63, 3.8) is 0 Å². The molecule has 88 valence electrons. The van der Waals surface area contributed by atoms with Crippen molar-refractivity contribution in [2.24, 2.45) is 11.8 Å². The van der Waals surface area contributed by atoms with Crippen LogP contribution < -0.4 is 5.32 Å². The van der Waals surface area contributed by atoms with Crippen molar-refractivity contribution in [2.75, 3.05) is 6.54 Å². The second-order valence-corrected chi connectivity index (χ2v) is 4.77. The Labute approximate surface area is 93.8 Å². The summed E-state index contributed by atoms with van der Waals surface area (Å²) in [5.74, 6) is 1.38. The molecule has 1 aliphatic rings. The molecule has 1 amide bonds. The third kappa shape index (κ3) is 4.23. The van der Waals surface area contributed by atoms with Crippen LogP contribution in [0.2, 0.25) is 0 Å². The molecular formula is C13H25NO. The molecule has 0 spiro atoms. The Balaban J connectivity index is 2.37. The molecule has 0 aromatic carbocycles. The SMILES string of the molecule is CCCC(CC1CCCC1)C(=O)NCC. The van der Waals surface area contributed by atoms with E-state index in [1.165, 1.54) is 25.7 Å².